The van der Waals surface area contributed by atoms with Crippen molar-refractivity contribution >= 4 is 11.8 Å². The molecule has 0 aromatic carbocycles. The highest BCUT2D eigenvalue weighted by Crippen LogP contribution is 1.95. The van der Waals surface area contributed by atoms with Crippen molar-refractivity contribution in [2.75, 3.05) is 25.2 Å². The van der Waals surface area contributed by atoms with Crippen molar-refractivity contribution in [1.82, 2.24) is 5.32 Å². The third-order valence-electron chi connectivity index (χ3n) is 1.59. The molecule has 0 fully saturated rings. The van der Waals surface area contributed by atoms with Crippen LogP contribution in [0.2, 0.25) is 0 Å². The molecule has 0 aromatic rings. The van der Waals surface area contributed by atoms with Crippen molar-refractivity contribution in [3.8, 4) is 0 Å². The summed E-state index contributed by atoms with van der Waals surface area (Å²) in [6.45, 7) is 3.55. The van der Waals surface area contributed by atoms with E-state index in [1.807, 2.05) is 11.8 Å². The Labute approximate surface area is 73.8 Å². The molecule has 0 aliphatic heterocycles. The van der Waals surface area contributed by atoms with Crippen molar-refractivity contribution in [2.45, 2.75) is 25.8 Å². The Hall–Kier alpha value is 0.270. The Morgan fingerprint density at radius 3 is 2.82 bits per heavy atom. The molecule has 0 saturated carbocycles. The van der Waals surface area contributed by atoms with E-state index in [0.717, 1.165) is 19.4 Å². The van der Waals surface area contributed by atoms with Gasteiger partial charge in [0.2, 0.25) is 0 Å². The molecule has 0 saturated heterocycles. The van der Waals surface area contributed by atoms with Crippen LogP contribution in [0.15, 0.2) is 0 Å². The van der Waals surface area contributed by atoms with Gasteiger partial charge in [-0.05, 0) is 26.0 Å². The maximum absolute atomic E-state index is 8.55. The Kier molecular flexibility index (Phi) is 8.57. The lowest BCUT2D eigenvalue weighted by Gasteiger charge is -2.11. The monoisotopic (exact) mass is 177 g/mol. The van der Waals surface area contributed by atoms with Crippen LogP contribution in [0.3, 0.4) is 0 Å². The molecular formula is C8H19NOS. The topological polar surface area (TPSA) is 32.3 Å². The van der Waals surface area contributed by atoms with E-state index in [1.54, 1.807) is 0 Å². The van der Waals surface area contributed by atoms with Crippen LogP contribution in [0.1, 0.15) is 19.8 Å². The predicted octanol–water partition coefficient (Wildman–Crippen LogP) is 1.10. The Bertz CT molecular complexity index is 80.5. The fourth-order valence-corrected chi connectivity index (χ4v) is 1.23. The summed E-state index contributed by atoms with van der Waals surface area (Å²) in [5, 5.41) is 11.9. The van der Waals surface area contributed by atoms with Crippen molar-refractivity contribution in [2.24, 2.45) is 0 Å². The van der Waals surface area contributed by atoms with E-state index in [9.17, 15) is 0 Å². The van der Waals surface area contributed by atoms with Crippen LogP contribution in [-0.4, -0.2) is 36.3 Å². The minimum Gasteiger partial charge on any atom is -0.396 e. The maximum atomic E-state index is 8.55. The van der Waals surface area contributed by atoms with Crippen molar-refractivity contribution in [3.63, 3.8) is 0 Å². The predicted molar refractivity (Wildman–Crippen MR) is 52.2 cm³/mol. The molecule has 3 heteroatoms. The summed E-state index contributed by atoms with van der Waals surface area (Å²) in [5.74, 6) is 1.17. The number of hydrogen-bond acceptors (Lipinski definition) is 3. The van der Waals surface area contributed by atoms with Gasteiger partial charge < -0.3 is 10.4 Å². The first-order chi connectivity index (χ1) is 5.31. The summed E-state index contributed by atoms with van der Waals surface area (Å²) in [5.41, 5.74) is 0. The van der Waals surface area contributed by atoms with E-state index in [1.165, 1.54) is 5.75 Å². The van der Waals surface area contributed by atoms with E-state index in [0.29, 0.717) is 12.6 Å². The highest BCUT2D eigenvalue weighted by atomic mass is 32.2. The zero-order chi connectivity index (χ0) is 8.53. The summed E-state index contributed by atoms with van der Waals surface area (Å²) in [7, 11) is 0. The number of aliphatic hydroxyl groups is 1. The number of nitrogens with one attached hydrogen (secondary N) is 1. The van der Waals surface area contributed by atoms with Crippen LogP contribution in [0, 0.1) is 0 Å². The SMILES string of the molecule is CSCCNC(C)CCCO. The van der Waals surface area contributed by atoms with Gasteiger partial charge in [-0.2, -0.15) is 11.8 Å². The first kappa shape index (κ1) is 11.3. The van der Waals surface area contributed by atoms with Gasteiger partial charge in [0.1, 0.15) is 0 Å². The second-order valence-corrected chi connectivity index (χ2v) is 3.70. The van der Waals surface area contributed by atoms with E-state index in [4.69, 9.17) is 5.11 Å². The molecule has 0 aliphatic rings. The van der Waals surface area contributed by atoms with Crippen LogP contribution >= 0.6 is 11.8 Å². The molecule has 2 nitrogen and oxygen atoms in total. The second-order valence-electron chi connectivity index (χ2n) is 2.71. The van der Waals surface area contributed by atoms with Gasteiger partial charge in [0.15, 0.2) is 0 Å². The fraction of sp³-hybridized carbons (Fsp3) is 1.00. The van der Waals surface area contributed by atoms with Crippen molar-refractivity contribution in [1.29, 1.82) is 0 Å². The Morgan fingerprint density at radius 2 is 2.27 bits per heavy atom. The molecule has 11 heavy (non-hydrogen) atoms. The normalized spacial score (nSPS) is 13.4. The van der Waals surface area contributed by atoms with Crippen LogP contribution in [-0.2, 0) is 0 Å². The van der Waals surface area contributed by atoms with E-state index in [-0.39, 0.29) is 0 Å². The number of rotatable bonds is 7. The molecule has 2 N–H and O–H groups in total. The Morgan fingerprint density at radius 1 is 1.55 bits per heavy atom. The molecule has 0 rings (SSSR count). The van der Waals surface area contributed by atoms with Crippen molar-refractivity contribution in [3.05, 3.63) is 0 Å². The van der Waals surface area contributed by atoms with Crippen LogP contribution in [0.4, 0.5) is 0 Å². The average Bonchev–Trinajstić information content (AvgIpc) is 2.01. The van der Waals surface area contributed by atoms with E-state index in [2.05, 4.69) is 18.5 Å². The molecule has 1 atom stereocenters. The van der Waals surface area contributed by atoms with Crippen molar-refractivity contribution < 1.29 is 5.11 Å². The number of aliphatic hydroxyl groups excluding tert-OH is 1. The van der Waals surface area contributed by atoms with E-state index < -0.39 is 0 Å². The lowest BCUT2D eigenvalue weighted by Crippen LogP contribution is -2.28. The third kappa shape index (κ3) is 8.17. The fourth-order valence-electron chi connectivity index (χ4n) is 0.907. The number of thioether (sulfide) groups is 1. The van der Waals surface area contributed by atoms with Gasteiger partial charge in [-0.25, -0.2) is 0 Å². The molecular weight excluding hydrogens is 158 g/mol. The van der Waals surface area contributed by atoms with E-state index >= 15 is 0 Å². The smallest absolute Gasteiger partial charge is 0.0431 e. The standard InChI is InChI=1S/C8H19NOS/c1-8(4-3-6-10)9-5-7-11-2/h8-10H,3-7H2,1-2H3. The van der Waals surface area contributed by atoms with Crippen LogP contribution in [0.5, 0.6) is 0 Å². The quantitative estimate of drug-likeness (QED) is 0.571. The first-order valence-electron chi connectivity index (χ1n) is 4.14. The second kappa shape index (κ2) is 8.37. The molecule has 0 aliphatic carbocycles. The largest absolute Gasteiger partial charge is 0.396 e. The zero-order valence-corrected chi connectivity index (χ0v) is 8.28. The van der Waals surface area contributed by atoms with Gasteiger partial charge in [-0.15, -0.1) is 0 Å². The minimum absolute atomic E-state index is 0.314. The average molecular weight is 177 g/mol. The molecule has 1 unspecified atom stereocenters. The number of hydrogen-bond donors (Lipinski definition) is 2. The maximum Gasteiger partial charge on any atom is 0.0431 e. The first-order valence-corrected chi connectivity index (χ1v) is 5.53. The molecule has 0 radical (unpaired) electrons. The lowest BCUT2D eigenvalue weighted by atomic mass is 10.2. The molecule has 0 bridgehead atoms. The van der Waals surface area contributed by atoms with Gasteiger partial charge in [-0.1, -0.05) is 0 Å². The summed E-state index contributed by atoms with van der Waals surface area (Å²) in [6.07, 6.45) is 4.10. The third-order valence-corrected chi connectivity index (χ3v) is 2.21. The minimum atomic E-state index is 0.314. The van der Waals surface area contributed by atoms with Gasteiger partial charge in [0, 0.05) is 24.9 Å². The molecule has 0 spiro atoms. The summed E-state index contributed by atoms with van der Waals surface area (Å²) in [6, 6.07) is 0.550. The van der Waals surface area contributed by atoms with Gasteiger partial charge >= 0.3 is 0 Å². The van der Waals surface area contributed by atoms with Crippen LogP contribution in [0.25, 0.3) is 0 Å². The van der Waals surface area contributed by atoms with Crippen LogP contribution < -0.4 is 5.32 Å². The molecule has 0 heterocycles. The van der Waals surface area contributed by atoms with Gasteiger partial charge in [0.25, 0.3) is 0 Å². The molecule has 68 valence electrons. The molecule has 0 amide bonds. The highest BCUT2D eigenvalue weighted by molar-refractivity contribution is 7.98. The molecule has 0 aromatic heterocycles. The van der Waals surface area contributed by atoms with Gasteiger partial charge in [0.05, 0.1) is 0 Å². The summed E-state index contributed by atoms with van der Waals surface area (Å²) in [4.78, 5) is 0. The zero-order valence-electron chi connectivity index (χ0n) is 7.47. The van der Waals surface area contributed by atoms with Gasteiger partial charge in [-0.3, -0.25) is 0 Å². The lowest BCUT2D eigenvalue weighted by molar-refractivity contribution is 0.277. The highest BCUT2D eigenvalue weighted by Gasteiger charge is 1.98. The summed E-state index contributed by atoms with van der Waals surface area (Å²) >= 11 is 1.86. The Balaban J connectivity index is 3.02. The summed E-state index contributed by atoms with van der Waals surface area (Å²) < 4.78 is 0.